The van der Waals surface area contributed by atoms with Gasteiger partial charge in [0.15, 0.2) is 0 Å². The summed E-state index contributed by atoms with van der Waals surface area (Å²) in [7, 11) is 1.71. The lowest BCUT2D eigenvalue weighted by Crippen LogP contribution is -2.40. The highest BCUT2D eigenvalue weighted by Crippen LogP contribution is 2.24. The van der Waals surface area contributed by atoms with Gasteiger partial charge in [0, 0.05) is 32.1 Å². The number of nitrogens with one attached hydrogen (secondary N) is 2. The van der Waals surface area contributed by atoms with Crippen molar-refractivity contribution in [1.29, 1.82) is 0 Å². The van der Waals surface area contributed by atoms with E-state index in [-0.39, 0.29) is 18.1 Å². The molecule has 2 N–H and O–H groups in total. The smallest absolute Gasteiger partial charge is 0.254 e. The average molecular weight is 316 g/mol. The molecule has 1 aliphatic rings. The van der Waals surface area contributed by atoms with Crippen LogP contribution in [0.25, 0.3) is 0 Å². The van der Waals surface area contributed by atoms with Crippen molar-refractivity contribution in [3.8, 4) is 0 Å². The van der Waals surface area contributed by atoms with Crippen molar-refractivity contribution < 1.29 is 9.53 Å². The van der Waals surface area contributed by atoms with E-state index >= 15 is 0 Å². The molecule has 0 saturated carbocycles. The first-order chi connectivity index (χ1) is 11.2. The number of carbonyl (C=O) groups is 1. The number of hydrogen-bond donors (Lipinski definition) is 2. The lowest BCUT2D eigenvalue weighted by molar-refractivity contribution is 0.0946. The Balaban J connectivity index is 1.67. The van der Waals surface area contributed by atoms with Crippen LogP contribution in [0.5, 0.6) is 0 Å². The highest BCUT2D eigenvalue weighted by Gasteiger charge is 2.33. The highest BCUT2D eigenvalue weighted by atomic mass is 16.5. The fraction of sp³-hybridized carbons (Fsp3) is 0.467. The van der Waals surface area contributed by atoms with Gasteiger partial charge in [0.2, 0.25) is 0 Å². The van der Waals surface area contributed by atoms with Crippen molar-refractivity contribution in [3.05, 3.63) is 36.0 Å². The molecular formula is C15H20N6O2. The second kappa shape index (κ2) is 6.74. The molecule has 1 amide bonds. The Bertz CT molecular complexity index is 659. The van der Waals surface area contributed by atoms with Crippen molar-refractivity contribution in [2.45, 2.75) is 25.5 Å². The molecule has 0 radical (unpaired) electrons. The van der Waals surface area contributed by atoms with Crippen LogP contribution in [0.4, 0.5) is 5.82 Å². The minimum absolute atomic E-state index is 0.125. The van der Waals surface area contributed by atoms with Crippen LogP contribution in [0.15, 0.2) is 24.8 Å². The standard InChI is InChI=1S/C15H20N6O2/c1-10-13(7-19-20-10)15(22)17-6-11-5-12(23-2)8-21(11)14-3-4-16-9-18-14/h3-4,7,9,11-12H,5-6,8H2,1-2H3,(H,17,22)(H,19,20)/t11-,12-/m1/s1. The summed E-state index contributed by atoms with van der Waals surface area (Å²) >= 11 is 0. The maximum absolute atomic E-state index is 12.2. The number of H-pyrrole nitrogens is 1. The van der Waals surface area contributed by atoms with Crippen molar-refractivity contribution in [2.24, 2.45) is 0 Å². The number of aryl methyl sites for hydroxylation is 1. The van der Waals surface area contributed by atoms with E-state index in [1.165, 1.54) is 6.33 Å². The maximum atomic E-state index is 12.2. The number of nitrogens with zero attached hydrogens (tertiary/aromatic N) is 4. The molecule has 122 valence electrons. The third-order valence-electron chi connectivity index (χ3n) is 4.14. The zero-order valence-corrected chi connectivity index (χ0v) is 13.2. The summed E-state index contributed by atoms with van der Waals surface area (Å²) in [5, 5.41) is 9.62. The van der Waals surface area contributed by atoms with E-state index < -0.39 is 0 Å². The Morgan fingerprint density at radius 1 is 1.57 bits per heavy atom. The molecule has 0 aliphatic carbocycles. The Labute approximate surface area is 134 Å². The minimum Gasteiger partial charge on any atom is -0.380 e. The largest absolute Gasteiger partial charge is 0.380 e. The summed E-state index contributed by atoms with van der Waals surface area (Å²) in [5.41, 5.74) is 1.33. The SMILES string of the molecule is CO[C@@H]1C[C@H](CNC(=O)c2cn[nH]c2C)N(c2ccncn2)C1. The normalized spacial score (nSPS) is 20.7. The molecule has 2 aromatic rings. The molecule has 3 rings (SSSR count). The van der Waals surface area contributed by atoms with E-state index in [1.807, 2.05) is 13.0 Å². The second-order valence-electron chi connectivity index (χ2n) is 5.59. The fourth-order valence-corrected chi connectivity index (χ4v) is 2.86. The van der Waals surface area contributed by atoms with Gasteiger partial charge in [0.1, 0.15) is 12.1 Å². The number of aromatic amines is 1. The number of hydrogen-bond acceptors (Lipinski definition) is 6. The molecule has 1 fully saturated rings. The topological polar surface area (TPSA) is 96.0 Å². The quantitative estimate of drug-likeness (QED) is 0.835. The lowest BCUT2D eigenvalue weighted by Gasteiger charge is -2.25. The van der Waals surface area contributed by atoms with Gasteiger partial charge < -0.3 is 15.0 Å². The molecule has 1 saturated heterocycles. The van der Waals surface area contributed by atoms with E-state index in [0.717, 1.165) is 24.5 Å². The molecule has 0 aromatic carbocycles. The van der Waals surface area contributed by atoms with Crippen molar-refractivity contribution in [3.63, 3.8) is 0 Å². The zero-order chi connectivity index (χ0) is 16.2. The molecule has 0 spiro atoms. The molecule has 2 atom stereocenters. The van der Waals surface area contributed by atoms with Crippen LogP contribution in [0.3, 0.4) is 0 Å². The molecule has 8 nitrogen and oxygen atoms in total. The first kappa shape index (κ1) is 15.4. The Hall–Kier alpha value is -2.48. The average Bonchev–Trinajstić information content (AvgIpc) is 3.19. The van der Waals surface area contributed by atoms with Crippen molar-refractivity contribution >= 4 is 11.7 Å². The number of methoxy groups -OCH3 is 1. The number of anilines is 1. The third-order valence-corrected chi connectivity index (χ3v) is 4.14. The molecule has 8 heteroatoms. The Morgan fingerprint density at radius 2 is 2.43 bits per heavy atom. The van der Waals surface area contributed by atoms with Crippen molar-refractivity contribution in [2.75, 3.05) is 25.1 Å². The van der Waals surface area contributed by atoms with Gasteiger partial charge in [0.05, 0.1) is 23.9 Å². The van der Waals surface area contributed by atoms with Crippen LogP contribution >= 0.6 is 0 Å². The van der Waals surface area contributed by atoms with Gasteiger partial charge in [0.25, 0.3) is 5.91 Å². The number of amides is 1. The number of carbonyl (C=O) groups excluding carboxylic acids is 1. The van der Waals surface area contributed by atoms with Crippen LogP contribution < -0.4 is 10.2 Å². The van der Waals surface area contributed by atoms with E-state index in [1.54, 1.807) is 19.5 Å². The number of ether oxygens (including phenoxy) is 1. The molecular weight excluding hydrogens is 296 g/mol. The van der Waals surface area contributed by atoms with Gasteiger partial charge in [-0.1, -0.05) is 0 Å². The number of rotatable bonds is 5. The Morgan fingerprint density at radius 3 is 3.09 bits per heavy atom. The van der Waals surface area contributed by atoms with Crippen LogP contribution in [0.1, 0.15) is 22.5 Å². The van der Waals surface area contributed by atoms with Crippen LogP contribution in [0, 0.1) is 6.92 Å². The zero-order valence-electron chi connectivity index (χ0n) is 13.2. The predicted octanol–water partition coefficient (Wildman–Crippen LogP) is 0.532. The van der Waals surface area contributed by atoms with Gasteiger partial charge in [-0.05, 0) is 19.4 Å². The summed E-state index contributed by atoms with van der Waals surface area (Å²) in [6, 6.07) is 2.00. The maximum Gasteiger partial charge on any atom is 0.254 e. The molecule has 1 aliphatic heterocycles. The van der Waals surface area contributed by atoms with Crippen molar-refractivity contribution in [1.82, 2.24) is 25.5 Å². The third kappa shape index (κ3) is 3.31. The summed E-state index contributed by atoms with van der Waals surface area (Å²) < 4.78 is 5.48. The number of aromatic nitrogens is 4. The molecule has 3 heterocycles. The van der Waals surface area contributed by atoms with Gasteiger partial charge in [-0.3, -0.25) is 9.89 Å². The van der Waals surface area contributed by atoms with E-state index in [0.29, 0.717) is 12.1 Å². The highest BCUT2D eigenvalue weighted by molar-refractivity contribution is 5.94. The molecule has 2 aromatic heterocycles. The fourth-order valence-electron chi connectivity index (χ4n) is 2.86. The van der Waals surface area contributed by atoms with E-state index in [9.17, 15) is 4.79 Å². The summed E-state index contributed by atoms with van der Waals surface area (Å²) in [5.74, 6) is 0.720. The van der Waals surface area contributed by atoms with Gasteiger partial charge in [-0.15, -0.1) is 0 Å². The van der Waals surface area contributed by atoms with Crippen LogP contribution in [0.2, 0.25) is 0 Å². The minimum atomic E-state index is -0.125. The first-order valence-corrected chi connectivity index (χ1v) is 7.52. The molecule has 23 heavy (non-hydrogen) atoms. The summed E-state index contributed by atoms with van der Waals surface area (Å²) in [6.45, 7) is 3.09. The molecule has 0 unspecified atom stereocenters. The van der Waals surface area contributed by atoms with Gasteiger partial charge in [-0.25, -0.2) is 9.97 Å². The monoisotopic (exact) mass is 316 g/mol. The van der Waals surface area contributed by atoms with Crippen LogP contribution in [-0.2, 0) is 4.74 Å². The summed E-state index contributed by atoms with van der Waals surface area (Å²) in [6.07, 6.45) is 5.75. The lowest BCUT2D eigenvalue weighted by atomic mass is 10.2. The van der Waals surface area contributed by atoms with E-state index in [2.05, 4.69) is 30.4 Å². The second-order valence-corrected chi connectivity index (χ2v) is 5.59. The van der Waals surface area contributed by atoms with Gasteiger partial charge in [-0.2, -0.15) is 5.10 Å². The van der Waals surface area contributed by atoms with E-state index in [4.69, 9.17) is 4.74 Å². The van der Waals surface area contributed by atoms with Crippen LogP contribution in [-0.4, -0.2) is 58.4 Å². The summed E-state index contributed by atoms with van der Waals surface area (Å²) in [4.78, 5) is 22.6. The van der Waals surface area contributed by atoms with Gasteiger partial charge >= 0.3 is 0 Å². The first-order valence-electron chi connectivity index (χ1n) is 7.52. The predicted molar refractivity (Wildman–Crippen MR) is 84.2 cm³/mol. The molecule has 0 bridgehead atoms. The Kier molecular flexibility index (Phi) is 4.52.